The zero-order valence-corrected chi connectivity index (χ0v) is 11.7. The average molecular weight is 283 g/mol. The van der Waals surface area contributed by atoms with Crippen LogP contribution in [0.4, 0.5) is 14.5 Å². The normalized spacial score (nSPS) is 10.8. The molecule has 0 bridgehead atoms. The molecule has 0 fully saturated rings. The maximum atomic E-state index is 13.9. The second-order valence-corrected chi connectivity index (χ2v) is 5.09. The number of anilines is 1. The molecule has 1 nitrogen and oxygen atoms in total. The van der Waals surface area contributed by atoms with E-state index in [1.165, 1.54) is 12.1 Å². The molecule has 0 amide bonds. The summed E-state index contributed by atoms with van der Waals surface area (Å²) in [5, 5.41) is 5.11. The molecule has 1 N–H and O–H groups in total. The lowest BCUT2D eigenvalue weighted by Crippen LogP contribution is -2.05. The fraction of sp³-hybridized carbons (Fsp3) is 0.111. The summed E-state index contributed by atoms with van der Waals surface area (Å²) in [5.74, 6) is -1.10. The van der Waals surface area contributed by atoms with E-state index in [1.807, 2.05) is 42.5 Å². The summed E-state index contributed by atoms with van der Waals surface area (Å²) in [6, 6.07) is 16.7. The number of aryl methyl sites for hydroxylation is 1. The molecule has 0 atom stereocenters. The fourth-order valence-electron chi connectivity index (χ4n) is 2.36. The van der Waals surface area contributed by atoms with Gasteiger partial charge in [-0.15, -0.1) is 0 Å². The predicted octanol–water partition coefficient (Wildman–Crippen LogP) is 5.04. The Bertz CT molecular complexity index is 796. The highest BCUT2D eigenvalue weighted by Gasteiger charge is 2.10. The van der Waals surface area contributed by atoms with E-state index in [9.17, 15) is 8.78 Å². The number of nitrogens with one attached hydrogen (secondary N) is 1. The van der Waals surface area contributed by atoms with Crippen molar-refractivity contribution in [1.29, 1.82) is 0 Å². The summed E-state index contributed by atoms with van der Waals surface area (Å²) in [5.41, 5.74) is 1.34. The van der Waals surface area contributed by atoms with Crippen LogP contribution in [-0.2, 0) is 6.54 Å². The Balaban J connectivity index is 1.85. The Kier molecular flexibility index (Phi) is 3.57. The van der Waals surface area contributed by atoms with Gasteiger partial charge in [-0.25, -0.2) is 8.78 Å². The minimum absolute atomic E-state index is 0.0665. The van der Waals surface area contributed by atoms with Crippen LogP contribution in [0.2, 0.25) is 0 Å². The van der Waals surface area contributed by atoms with Crippen LogP contribution >= 0.6 is 0 Å². The Morgan fingerprint density at radius 1 is 0.905 bits per heavy atom. The highest BCUT2D eigenvalue weighted by Crippen LogP contribution is 2.23. The first kappa shape index (κ1) is 13.6. The van der Waals surface area contributed by atoms with Crippen LogP contribution < -0.4 is 5.32 Å². The smallest absolute Gasteiger partial charge is 0.152 e. The summed E-state index contributed by atoms with van der Waals surface area (Å²) in [4.78, 5) is 0. The number of fused-ring (bicyclic) bond motifs is 1. The maximum Gasteiger partial charge on any atom is 0.152 e. The van der Waals surface area contributed by atoms with Gasteiger partial charge in [0.1, 0.15) is 11.5 Å². The predicted molar refractivity (Wildman–Crippen MR) is 82.4 cm³/mol. The van der Waals surface area contributed by atoms with Gasteiger partial charge >= 0.3 is 0 Å². The van der Waals surface area contributed by atoms with Crippen molar-refractivity contribution < 1.29 is 8.78 Å². The van der Waals surface area contributed by atoms with Crippen molar-refractivity contribution >= 4 is 16.5 Å². The molecule has 0 saturated heterocycles. The molecular formula is C18H15F2N. The third kappa shape index (κ3) is 2.72. The Hall–Kier alpha value is -2.42. The molecule has 3 rings (SSSR count). The quantitative estimate of drug-likeness (QED) is 0.710. The molecule has 21 heavy (non-hydrogen) atoms. The summed E-state index contributed by atoms with van der Waals surface area (Å²) in [6.07, 6.45) is 0. The van der Waals surface area contributed by atoms with E-state index in [0.717, 1.165) is 16.3 Å². The molecule has 3 heteroatoms. The highest BCUT2D eigenvalue weighted by molar-refractivity contribution is 5.83. The van der Waals surface area contributed by atoms with Gasteiger partial charge < -0.3 is 5.32 Å². The van der Waals surface area contributed by atoms with Gasteiger partial charge in [0.15, 0.2) is 5.82 Å². The van der Waals surface area contributed by atoms with E-state index < -0.39 is 11.6 Å². The van der Waals surface area contributed by atoms with Gasteiger partial charge in [0.2, 0.25) is 0 Å². The topological polar surface area (TPSA) is 12.0 Å². The second-order valence-electron chi connectivity index (χ2n) is 5.09. The summed E-state index contributed by atoms with van der Waals surface area (Å²) >= 11 is 0. The van der Waals surface area contributed by atoms with Gasteiger partial charge in [-0.1, -0.05) is 42.5 Å². The van der Waals surface area contributed by atoms with Crippen LogP contribution in [0.15, 0.2) is 54.6 Å². The lowest BCUT2D eigenvalue weighted by atomic mass is 10.1. The molecule has 0 unspecified atom stereocenters. The average Bonchev–Trinajstić information content (AvgIpc) is 2.51. The summed E-state index contributed by atoms with van der Waals surface area (Å²) in [6.45, 7) is 2.00. The fourth-order valence-corrected chi connectivity index (χ4v) is 2.36. The van der Waals surface area contributed by atoms with Gasteiger partial charge in [0.25, 0.3) is 0 Å². The summed E-state index contributed by atoms with van der Waals surface area (Å²) in [7, 11) is 0. The molecule has 0 spiro atoms. The molecule has 0 aliphatic heterocycles. The first-order valence-corrected chi connectivity index (χ1v) is 6.81. The van der Waals surface area contributed by atoms with Crippen LogP contribution in [-0.4, -0.2) is 0 Å². The van der Waals surface area contributed by atoms with Crippen molar-refractivity contribution in [1.82, 2.24) is 0 Å². The van der Waals surface area contributed by atoms with Gasteiger partial charge in [-0.2, -0.15) is 0 Å². The van der Waals surface area contributed by atoms with Crippen molar-refractivity contribution in [2.75, 3.05) is 5.32 Å². The Morgan fingerprint density at radius 3 is 2.48 bits per heavy atom. The first-order chi connectivity index (χ1) is 10.1. The molecular weight excluding hydrogens is 268 g/mol. The van der Waals surface area contributed by atoms with Gasteiger partial charge in [0.05, 0.1) is 0 Å². The zero-order chi connectivity index (χ0) is 14.8. The molecule has 0 saturated carbocycles. The molecule has 0 aromatic heterocycles. The van der Waals surface area contributed by atoms with E-state index >= 15 is 0 Å². The molecule has 3 aromatic carbocycles. The van der Waals surface area contributed by atoms with E-state index in [0.29, 0.717) is 12.1 Å². The first-order valence-electron chi connectivity index (χ1n) is 6.81. The van der Waals surface area contributed by atoms with E-state index in [1.54, 1.807) is 6.92 Å². The van der Waals surface area contributed by atoms with Crippen molar-refractivity contribution in [3.63, 3.8) is 0 Å². The van der Waals surface area contributed by atoms with Crippen LogP contribution in [0, 0.1) is 18.6 Å². The Labute approximate surface area is 122 Å². The van der Waals surface area contributed by atoms with Crippen molar-refractivity contribution in [2.24, 2.45) is 0 Å². The molecule has 106 valence electrons. The molecule has 0 radical (unpaired) electrons. The van der Waals surface area contributed by atoms with Gasteiger partial charge in [-0.3, -0.25) is 0 Å². The van der Waals surface area contributed by atoms with Crippen LogP contribution in [0.5, 0.6) is 0 Å². The van der Waals surface area contributed by atoms with Gasteiger partial charge in [0, 0.05) is 6.54 Å². The lowest BCUT2D eigenvalue weighted by molar-refractivity contribution is 0.582. The maximum absolute atomic E-state index is 13.9. The van der Waals surface area contributed by atoms with Gasteiger partial charge in [-0.05, 0) is 41.0 Å². The van der Waals surface area contributed by atoms with Crippen molar-refractivity contribution in [3.05, 3.63) is 77.4 Å². The number of rotatable bonds is 3. The number of hydrogen-bond donors (Lipinski definition) is 1. The Morgan fingerprint density at radius 2 is 1.67 bits per heavy atom. The summed E-state index contributed by atoms with van der Waals surface area (Å²) < 4.78 is 27.6. The SMILES string of the molecule is Cc1ccc(F)c(NCc2ccc3ccccc3c2)c1F. The van der Waals surface area contributed by atoms with Crippen molar-refractivity contribution in [3.8, 4) is 0 Å². The largest absolute Gasteiger partial charge is 0.376 e. The minimum Gasteiger partial charge on any atom is -0.376 e. The highest BCUT2D eigenvalue weighted by atomic mass is 19.1. The van der Waals surface area contributed by atoms with Crippen LogP contribution in [0.1, 0.15) is 11.1 Å². The molecule has 0 heterocycles. The standard InChI is InChI=1S/C18H15F2N/c1-12-6-9-16(19)18(17(12)20)21-11-13-7-8-14-4-2-3-5-15(14)10-13/h2-10,21H,11H2,1H3. The number of benzene rings is 3. The molecule has 3 aromatic rings. The third-order valence-electron chi connectivity index (χ3n) is 3.57. The minimum atomic E-state index is -0.570. The van der Waals surface area contributed by atoms with Crippen LogP contribution in [0.3, 0.4) is 0 Å². The molecule has 0 aliphatic carbocycles. The monoisotopic (exact) mass is 283 g/mol. The van der Waals surface area contributed by atoms with E-state index in [-0.39, 0.29) is 5.69 Å². The molecule has 0 aliphatic rings. The van der Waals surface area contributed by atoms with E-state index in [2.05, 4.69) is 5.32 Å². The van der Waals surface area contributed by atoms with Crippen molar-refractivity contribution in [2.45, 2.75) is 13.5 Å². The van der Waals surface area contributed by atoms with E-state index in [4.69, 9.17) is 0 Å². The number of halogens is 2. The second kappa shape index (κ2) is 5.52. The zero-order valence-electron chi connectivity index (χ0n) is 11.7. The van der Waals surface area contributed by atoms with Crippen LogP contribution in [0.25, 0.3) is 10.8 Å². The number of hydrogen-bond acceptors (Lipinski definition) is 1. The third-order valence-corrected chi connectivity index (χ3v) is 3.57. The lowest BCUT2D eigenvalue weighted by Gasteiger charge is -2.11.